The molecule has 0 aliphatic rings. The third-order valence-corrected chi connectivity index (χ3v) is 4.64. The van der Waals surface area contributed by atoms with E-state index in [0.717, 1.165) is 22.0 Å². The lowest BCUT2D eigenvalue weighted by molar-refractivity contribution is 0.0953. The van der Waals surface area contributed by atoms with E-state index in [0.29, 0.717) is 29.8 Å². The summed E-state index contributed by atoms with van der Waals surface area (Å²) in [6.45, 7) is 4.41. The number of rotatable bonds is 5. The minimum absolute atomic E-state index is 0.109. The molecule has 0 saturated heterocycles. The number of pyridine rings is 1. The summed E-state index contributed by atoms with van der Waals surface area (Å²) in [4.78, 5) is 27.5. The van der Waals surface area contributed by atoms with Gasteiger partial charge in [-0.15, -0.1) is 0 Å². The molecule has 5 heteroatoms. The predicted molar refractivity (Wildman–Crippen MR) is 103 cm³/mol. The molecule has 0 bridgehead atoms. The van der Waals surface area contributed by atoms with Crippen LogP contribution >= 0.6 is 0 Å². The fourth-order valence-electron chi connectivity index (χ4n) is 2.93. The highest BCUT2D eigenvalue weighted by molar-refractivity contribution is 5.94. The van der Waals surface area contributed by atoms with E-state index in [1.165, 1.54) is 0 Å². The number of hydrogen-bond acceptors (Lipinski definition) is 3. The lowest BCUT2D eigenvalue weighted by atomic mass is 10.0. The van der Waals surface area contributed by atoms with E-state index in [-0.39, 0.29) is 11.5 Å². The maximum absolute atomic E-state index is 12.3. The molecule has 26 heavy (non-hydrogen) atoms. The first kappa shape index (κ1) is 17.7. The summed E-state index contributed by atoms with van der Waals surface area (Å²) in [5, 5.41) is 3.85. The Morgan fingerprint density at radius 1 is 1.15 bits per heavy atom. The number of H-pyrrole nitrogens is 1. The molecule has 0 aliphatic carbocycles. The minimum atomic E-state index is -0.187. The summed E-state index contributed by atoms with van der Waals surface area (Å²) >= 11 is 0. The number of benzene rings is 2. The Morgan fingerprint density at radius 2 is 1.96 bits per heavy atom. The van der Waals surface area contributed by atoms with Crippen molar-refractivity contribution >= 4 is 16.8 Å². The molecule has 0 atom stereocenters. The molecule has 134 valence electrons. The fraction of sp³-hybridized carbons (Fsp3) is 0.238. The number of carbonyl (C=O) groups is 1. The van der Waals surface area contributed by atoms with Gasteiger partial charge in [-0.25, -0.2) is 0 Å². The van der Waals surface area contributed by atoms with E-state index in [4.69, 9.17) is 4.74 Å². The number of ether oxygens (including phenoxy) is 1. The van der Waals surface area contributed by atoms with Crippen molar-refractivity contribution in [2.24, 2.45) is 0 Å². The third-order valence-electron chi connectivity index (χ3n) is 4.64. The first-order valence-electron chi connectivity index (χ1n) is 8.54. The maximum atomic E-state index is 12.3. The zero-order valence-electron chi connectivity index (χ0n) is 15.2. The van der Waals surface area contributed by atoms with Crippen LogP contribution in [0.15, 0.2) is 47.3 Å². The molecule has 3 rings (SSSR count). The molecule has 0 aliphatic heterocycles. The third kappa shape index (κ3) is 3.61. The lowest BCUT2D eigenvalue weighted by Gasteiger charge is -2.09. The highest BCUT2D eigenvalue weighted by Gasteiger charge is 2.09. The largest absolute Gasteiger partial charge is 0.497 e. The second-order valence-electron chi connectivity index (χ2n) is 6.33. The average Bonchev–Trinajstić information content (AvgIpc) is 2.66. The van der Waals surface area contributed by atoms with E-state index in [1.54, 1.807) is 31.4 Å². The van der Waals surface area contributed by atoms with Crippen LogP contribution in [0, 0.1) is 13.8 Å². The number of carbonyl (C=O) groups excluding carboxylic acids is 1. The zero-order chi connectivity index (χ0) is 18.7. The second kappa shape index (κ2) is 7.44. The minimum Gasteiger partial charge on any atom is -0.497 e. The number of aromatic amines is 1. The smallest absolute Gasteiger partial charge is 0.251 e. The van der Waals surface area contributed by atoms with Crippen LogP contribution in [-0.2, 0) is 6.42 Å². The van der Waals surface area contributed by atoms with Gasteiger partial charge in [-0.1, -0.05) is 18.2 Å². The van der Waals surface area contributed by atoms with Crippen molar-refractivity contribution in [1.82, 2.24) is 10.3 Å². The summed E-state index contributed by atoms with van der Waals surface area (Å²) in [7, 11) is 1.56. The van der Waals surface area contributed by atoms with Gasteiger partial charge in [0.15, 0.2) is 0 Å². The summed E-state index contributed by atoms with van der Waals surface area (Å²) in [6, 6.07) is 12.9. The van der Waals surface area contributed by atoms with Gasteiger partial charge in [0.25, 0.3) is 11.5 Å². The quantitative estimate of drug-likeness (QED) is 0.743. The number of hydrogen-bond donors (Lipinski definition) is 2. The molecule has 0 saturated carbocycles. The summed E-state index contributed by atoms with van der Waals surface area (Å²) in [5.74, 6) is 0.446. The van der Waals surface area contributed by atoms with Gasteiger partial charge in [0.2, 0.25) is 0 Å². The molecule has 1 aromatic heterocycles. The van der Waals surface area contributed by atoms with E-state index in [2.05, 4.69) is 10.3 Å². The number of nitrogens with one attached hydrogen (secondary N) is 2. The van der Waals surface area contributed by atoms with Crippen LogP contribution in [0.2, 0.25) is 0 Å². The van der Waals surface area contributed by atoms with Crippen LogP contribution in [-0.4, -0.2) is 24.5 Å². The van der Waals surface area contributed by atoms with Crippen LogP contribution in [0.5, 0.6) is 5.75 Å². The van der Waals surface area contributed by atoms with Crippen molar-refractivity contribution in [3.8, 4) is 5.75 Å². The molecule has 2 aromatic carbocycles. The monoisotopic (exact) mass is 350 g/mol. The zero-order valence-corrected chi connectivity index (χ0v) is 15.2. The maximum Gasteiger partial charge on any atom is 0.251 e. The van der Waals surface area contributed by atoms with E-state index < -0.39 is 0 Å². The van der Waals surface area contributed by atoms with Crippen LogP contribution in [0.1, 0.15) is 27.0 Å². The molecule has 0 radical (unpaired) electrons. The van der Waals surface area contributed by atoms with Gasteiger partial charge < -0.3 is 15.0 Å². The molecule has 5 nitrogen and oxygen atoms in total. The Hall–Kier alpha value is -3.08. The Bertz CT molecular complexity index is 1020. The van der Waals surface area contributed by atoms with E-state index in [1.807, 2.05) is 32.0 Å². The van der Waals surface area contributed by atoms with Crippen molar-refractivity contribution in [2.75, 3.05) is 13.7 Å². The Balaban J connectivity index is 1.71. The van der Waals surface area contributed by atoms with Crippen molar-refractivity contribution in [2.45, 2.75) is 20.3 Å². The standard InChI is InChI=1S/C21H22N2O3/c1-13-7-8-15-11-17(21(25)23-19(15)14(13)2)9-10-22-20(24)16-5-4-6-18(12-16)26-3/h4-8,11-12H,9-10H2,1-3H3,(H,22,24)(H,23,25). The predicted octanol–water partition coefficient (Wildman–Crippen LogP) is 3.13. The van der Waals surface area contributed by atoms with Crippen LogP contribution < -0.4 is 15.6 Å². The molecule has 1 heterocycles. The fourth-order valence-corrected chi connectivity index (χ4v) is 2.93. The molecule has 0 unspecified atom stereocenters. The molecular formula is C21H22N2O3. The number of methoxy groups -OCH3 is 1. The van der Waals surface area contributed by atoms with Gasteiger partial charge in [0.05, 0.1) is 12.6 Å². The van der Waals surface area contributed by atoms with E-state index >= 15 is 0 Å². The van der Waals surface area contributed by atoms with Gasteiger partial charge in [-0.2, -0.15) is 0 Å². The molecule has 3 aromatic rings. The van der Waals surface area contributed by atoms with Crippen molar-refractivity contribution in [3.63, 3.8) is 0 Å². The topological polar surface area (TPSA) is 71.2 Å². The number of aromatic nitrogens is 1. The van der Waals surface area contributed by atoms with Crippen molar-refractivity contribution in [1.29, 1.82) is 0 Å². The lowest BCUT2D eigenvalue weighted by Crippen LogP contribution is -2.27. The molecule has 1 amide bonds. The second-order valence-corrected chi connectivity index (χ2v) is 6.33. The van der Waals surface area contributed by atoms with Crippen molar-refractivity contribution < 1.29 is 9.53 Å². The van der Waals surface area contributed by atoms with Crippen molar-refractivity contribution in [3.05, 3.63) is 75.1 Å². The number of fused-ring (bicyclic) bond motifs is 1. The summed E-state index contributed by atoms with van der Waals surface area (Å²) in [6.07, 6.45) is 0.466. The van der Waals surface area contributed by atoms with E-state index in [9.17, 15) is 9.59 Å². The summed E-state index contributed by atoms with van der Waals surface area (Å²) < 4.78 is 5.13. The van der Waals surface area contributed by atoms with Crippen LogP contribution in [0.3, 0.4) is 0 Å². The van der Waals surface area contributed by atoms with Gasteiger partial charge in [-0.3, -0.25) is 9.59 Å². The molecule has 0 spiro atoms. The first-order valence-corrected chi connectivity index (χ1v) is 8.54. The number of amides is 1. The van der Waals surface area contributed by atoms with Gasteiger partial charge in [0, 0.05) is 17.7 Å². The Morgan fingerprint density at radius 3 is 2.73 bits per heavy atom. The number of aryl methyl sites for hydroxylation is 2. The van der Waals surface area contributed by atoms with Gasteiger partial charge in [-0.05, 0) is 61.0 Å². The molecular weight excluding hydrogens is 328 g/mol. The van der Waals surface area contributed by atoms with Gasteiger partial charge >= 0.3 is 0 Å². The molecule has 2 N–H and O–H groups in total. The van der Waals surface area contributed by atoms with Crippen LogP contribution in [0.4, 0.5) is 0 Å². The highest BCUT2D eigenvalue weighted by Crippen LogP contribution is 2.19. The van der Waals surface area contributed by atoms with Crippen LogP contribution in [0.25, 0.3) is 10.9 Å². The van der Waals surface area contributed by atoms with Gasteiger partial charge in [0.1, 0.15) is 5.75 Å². The Labute approximate surface area is 152 Å². The highest BCUT2D eigenvalue weighted by atomic mass is 16.5. The Kier molecular flexibility index (Phi) is 5.07. The average molecular weight is 350 g/mol. The summed E-state index contributed by atoms with van der Waals surface area (Å²) in [5.41, 5.74) is 4.18. The SMILES string of the molecule is COc1cccc(C(=O)NCCc2cc3ccc(C)c(C)c3[nH]c2=O)c1. The molecule has 0 fully saturated rings. The normalized spacial score (nSPS) is 10.7. The first-order chi connectivity index (χ1) is 12.5.